The van der Waals surface area contributed by atoms with Crippen molar-refractivity contribution in [3.63, 3.8) is 0 Å². The van der Waals surface area contributed by atoms with Crippen molar-refractivity contribution in [2.45, 2.75) is 45.3 Å². The second-order valence-corrected chi connectivity index (χ2v) is 2.57. The van der Waals surface area contributed by atoms with Gasteiger partial charge in [-0.2, -0.15) is 0 Å². The van der Waals surface area contributed by atoms with Crippen LogP contribution in [-0.2, 0) is 0 Å². The third-order valence-corrected chi connectivity index (χ3v) is 1.46. The van der Waals surface area contributed by atoms with Gasteiger partial charge in [-0.15, -0.1) is 0 Å². The van der Waals surface area contributed by atoms with E-state index in [2.05, 4.69) is 6.92 Å². The average Bonchev–Trinajstić information content (AvgIpc) is 1.82. The molecule has 0 spiro atoms. The Bertz CT molecular complexity index is 63.9. The first-order chi connectivity index (χ1) is 4.18. The fourth-order valence-corrected chi connectivity index (χ4v) is 0.676. The highest BCUT2D eigenvalue weighted by Gasteiger charge is 2.06. The van der Waals surface area contributed by atoms with Crippen LogP contribution in [0.3, 0.4) is 0 Å². The summed E-state index contributed by atoms with van der Waals surface area (Å²) < 4.78 is 0. The van der Waals surface area contributed by atoms with Crippen molar-refractivity contribution in [3.8, 4) is 0 Å². The van der Waals surface area contributed by atoms with Crippen LogP contribution >= 0.6 is 0 Å². The number of nitrogens with two attached hydrogens (primary N) is 1. The first-order valence-corrected chi connectivity index (χ1v) is 3.62. The zero-order valence-electron chi connectivity index (χ0n) is 6.30. The molecule has 9 heavy (non-hydrogen) atoms. The van der Waals surface area contributed by atoms with Crippen molar-refractivity contribution in [2.75, 3.05) is 0 Å². The Balaban J connectivity index is 3.16. The first kappa shape index (κ1) is 8.92. The molecular weight excluding hydrogens is 114 g/mol. The van der Waals surface area contributed by atoms with Gasteiger partial charge < -0.3 is 10.8 Å². The molecule has 0 saturated carbocycles. The van der Waals surface area contributed by atoms with E-state index < -0.39 is 0 Å². The summed E-state index contributed by atoms with van der Waals surface area (Å²) in [5.74, 6) is 0. The quantitative estimate of drug-likeness (QED) is 0.595. The van der Waals surface area contributed by atoms with Crippen LogP contribution in [0.2, 0.25) is 0 Å². The maximum atomic E-state index is 9.13. The Morgan fingerprint density at radius 3 is 2.44 bits per heavy atom. The van der Waals surface area contributed by atoms with E-state index >= 15 is 0 Å². The van der Waals surface area contributed by atoms with E-state index in [9.17, 15) is 0 Å². The second-order valence-electron chi connectivity index (χ2n) is 2.57. The van der Waals surface area contributed by atoms with Gasteiger partial charge in [0.15, 0.2) is 0 Å². The van der Waals surface area contributed by atoms with Crippen LogP contribution in [0, 0.1) is 0 Å². The molecule has 0 unspecified atom stereocenters. The smallest absolute Gasteiger partial charge is 0.0688 e. The fraction of sp³-hybridized carbons (Fsp3) is 1.00. The van der Waals surface area contributed by atoms with Crippen LogP contribution in [0.1, 0.15) is 33.1 Å². The van der Waals surface area contributed by atoms with Crippen LogP contribution in [0.4, 0.5) is 0 Å². The summed E-state index contributed by atoms with van der Waals surface area (Å²) in [6.07, 6.45) is 2.74. The molecule has 0 fully saturated rings. The van der Waals surface area contributed by atoms with Gasteiger partial charge in [-0.1, -0.05) is 19.8 Å². The molecule has 0 saturated heterocycles. The van der Waals surface area contributed by atoms with E-state index in [4.69, 9.17) is 10.8 Å². The lowest BCUT2D eigenvalue weighted by Crippen LogP contribution is -2.31. The first-order valence-electron chi connectivity index (χ1n) is 3.62. The molecule has 2 atom stereocenters. The second kappa shape index (κ2) is 4.77. The lowest BCUT2D eigenvalue weighted by atomic mass is 10.1. The van der Waals surface area contributed by atoms with Gasteiger partial charge in [-0.25, -0.2) is 0 Å². The van der Waals surface area contributed by atoms with Gasteiger partial charge in [-0.3, -0.25) is 0 Å². The molecule has 0 aromatic rings. The van der Waals surface area contributed by atoms with E-state index in [0.29, 0.717) is 0 Å². The number of unbranched alkanes of at least 4 members (excludes halogenated alkanes) is 1. The highest BCUT2D eigenvalue weighted by Crippen LogP contribution is 2.01. The minimum Gasteiger partial charge on any atom is -0.392 e. The molecule has 2 heteroatoms. The highest BCUT2D eigenvalue weighted by atomic mass is 16.3. The van der Waals surface area contributed by atoms with E-state index in [1.54, 1.807) is 0 Å². The third-order valence-electron chi connectivity index (χ3n) is 1.46. The Morgan fingerprint density at radius 1 is 1.56 bits per heavy atom. The summed E-state index contributed by atoms with van der Waals surface area (Å²) in [5.41, 5.74) is 5.43. The molecule has 0 radical (unpaired) electrons. The number of rotatable bonds is 4. The van der Waals surface area contributed by atoms with Crippen molar-refractivity contribution in [2.24, 2.45) is 5.73 Å². The van der Waals surface area contributed by atoms with Gasteiger partial charge in [0.1, 0.15) is 0 Å². The lowest BCUT2D eigenvalue weighted by molar-refractivity contribution is 0.138. The molecule has 56 valence electrons. The van der Waals surface area contributed by atoms with Gasteiger partial charge in [0, 0.05) is 6.04 Å². The van der Waals surface area contributed by atoms with Gasteiger partial charge >= 0.3 is 0 Å². The van der Waals surface area contributed by atoms with Crippen LogP contribution < -0.4 is 5.73 Å². The van der Waals surface area contributed by atoms with Crippen LogP contribution in [0.25, 0.3) is 0 Å². The van der Waals surface area contributed by atoms with Gasteiger partial charge in [0.2, 0.25) is 0 Å². The Morgan fingerprint density at radius 2 is 2.11 bits per heavy atom. The normalized spacial score (nSPS) is 17.3. The summed E-state index contributed by atoms with van der Waals surface area (Å²) in [6, 6.07) is -0.0726. The van der Waals surface area contributed by atoms with Crippen LogP contribution in [-0.4, -0.2) is 17.3 Å². The Labute approximate surface area is 57.1 Å². The van der Waals surface area contributed by atoms with Crippen molar-refractivity contribution in [1.82, 2.24) is 0 Å². The standard InChI is InChI=1S/C7H17NO/c1-3-4-5-7(9)6(2)8/h6-7,9H,3-5,8H2,1-2H3/t6-,7+/m0/s1. The molecule has 0 aromatic heterocycles. The van der Waals surface area contributed by atoms with Crippen molar-refractivity contribution < 1.29 is 5.11 Å². The summed E-state index contributed by atoms with van der Waals surface area (Å²) in [6.45, 7) is 3.94. The maximum Gasteiger partial charge on any atom is 0.0688 e. The molecule has 0 aromatic carbocycles. The molecule has 0 rings (SSSR count). The number of aliphatic hydroxyl groups is 1. The van der Waals surface area contributed by atoms with Crippen LogP contribution in [0.5, 0.6) is 0 Å². The molecule has 3 N–H and O–H groups in total. The average molecular weight is 131 g/mol. The molecule has 0 aliphatic rings. The summed E-state index contributed by atoms with van der Waals surface area (Å²) >= 11 is 0. The topological polar surface area (TPSA) is 46.2 Å². The van der Waals surface area contributed by atoms with Gasteiger partial charge in [0.25, 0.3) is 0 Å². The predicted octanol–water partition coefficient (Wildman–Crippen LogP) is 0.885. The Kier molecular flexibility index (Phi) is 4.72. The molecule has 0 bridgehead atoms. The SMILES string of the molecule is CCCC[C@@H](O)[C@H](C)N. The lowest BCUT2D eigenvalue weighted by Gasteiger charge is -2.12. The monoisotopic (exact) mass is 131 g/mol. The molecule has 0 aliphatic heterocycles. The molecule has 0 aliphatic carbocycles. The summed E-state index contributed by atoms with van der Waals surface area (Å²) in [5, 5.41) is 9.13. The highest BCUT2D eigenvalue weighted by molar-refractivity contribution is 4.65. The molecular formula is C7H17NO. The minimum atomic E-state index is -0.301. The van der Waals surface area contributed by atoms with E-state index in [-0.39, 0.29) is 12.1 Å². The van der Waals surface area contributed by atoms with Crippen LogP contribution in [0.15, 0.2) is 0 Å². The third kappa shape index (κ3) is 4.43. The minimum absolute atomic E-state index is 0.0726. The van der Waals surface area contributed by atoms with E-state index in [1.807, 2.05) is 6.92 Å². The summed E-state index contributed by atoms with van der Waals surface area (Å²) in [4.78, 5) is 0. The zero-order chi connectivity index (χ0) is 7.28. The number of hydrogen-bond acceptors (Lipinski definition) is 2. The van der Waals surface area contributed by atoms with Crippen molar-refractivity contribution in [1.29, 1.82) is 0 Å². The van der Waals surface area contributed by atoms with Crippen molar-refractivity contribution in [3.05, 3.63) is 0 Å². The Hall–Kier alpha value is -0.0800. The van der Waals surface area contributed by atoms with Gasteiger partial charge in [-0.05, 0) is 13.3 Å². The summed E-state index contributed by atoms with van der Waals surface area (Å²) in [7, 11) is 0. The molecule has 0 amide bonds. The zero-order valence-corrected chi connectivity index (χ0v) is 6.30. The number of hydrogen-bond donors (Lipinski definition) is 2. The van der Waals surface area contributed by atoms with Gasteiger partial charge in [0.05, 0.1) is 6.10 Å². The maximum absolute atomic E-state index is 9.13. The predicted molar refractivity (Wildman–Crippen MR) is 39.2 cm³/mol. The van der Waals surface area contributed by atoms with E-state index in [0.717, 1.165) is 19.3 Å². The fourth-order valence-electron chi connectivity index (χ4n) is 0.676. The largest absolute Gasteiger partial charge is 0.392 e. The molecule has 0 heterocycles. The molecule has 2 nitrogen and oxygen atoms in total. The van der Waals surface area contributed by atoms with E-state index in [1.165, 1.54) is 0 Å². The number of aliphatic hydroxyl groups excluding tert-OH is 1. The van der Waals surface area contributed by atoms with Crippen molar-refractivity contribution >= 4 is 0 Å².